The molecule has 0 aliphatic heterocycles. The van der Waals surface area contributed by atoms with E-state index in [1.54, 1.807) is 10.9 Å². The van der Waals surface area contributed by atoms with Crippen LogP contribution < -0.4 is 10.1 Å². The smallest absolute Gasteiger partial charge is 0.251 e. The summed E-state index contributed by atoms with van der Waals surface area (Å²) in [5, 5.41) is 7.68. The van der Waals surface area contributed by atoms with Crippen LogP contribution in [0.2, 0.25) is 10.0 Å². The van der Waals surface area contributed by atoms with Crippen LogP contribution in [0.25, 0.3) is 0 Å². The second-order valence-electron chi connectivity index (χ2n) is 4.98. The van der Waals surface area contributed by atoms with Crippen molar-refractivity contribution in [3.63, 3.8) is 0 Å². The Labute approximate surface area is 139 Å². The Morgan fingerprint density at radius 1 is 1.36 bits per heavy atom. The summed E-state index contributed by atoms with van der Waals surface area (Å²) in [6, 6.07) is 2.88. The van der Waals surface area contributed by atoms with Crippen LogP contribution in [-0.2, 0) is 7.05 Å². The van der Waals surface area contributed by atoms with Gasteiger partial charge in [0.1, 0.15) is 0 Å². The Bertz CT molecular complexity index is 690. The maximum atomic E-state index is 12.4. The van der Waals surface area contributed by atoms with Crippen molar-refractivity contribution in [1.82, 2.24) is 15.1 Å². The van der Waals surface area contributed by atoms with E-state index < -0.39 is 0 Å². The number of nitrogens with zero attached hydrogens (tertiary/aromatic N) is 2. The van der Waals surface area contributed by atoms with Gasteiger partial charge in [0, 0.05) is 23.9 Å². The maximum absolute atomic E-state index is 12.4. The lowest BCUT2D eigenvalue weighted by Gasteiger charge is -2.15. The van der Waals surface area contributed by atoms with E-state index in [1.165, 1.54) is 19.2 Å². The molecule has 0 unspecified atom stereocenters. The summed E-state index contributed by atoms with van der Waals surface area (Å²) in [6.45, 7) is 3.85. The molecule has 0 spiro atoms. The van der Waals surface area contributed by atoms with Gasteiger partial charge in [0.15, 0.2) is 5.75 Å². The van der Waals surface area contributed by atoms with Gasteiger partial charge in [-0.05, 0) is 26.0 Å². The fourth-order valence-corrected chi connectivity index (χ4v) is 2.83. The molecule has 0 bridgehead atoms. The number of aryl methyl sites for hydroxylation is 1. The van der Waals surface area contributed by atoms with Crippen molar-refractivity contribution < 1.29 is 9.53 Å². The van der Waals surface area contributed by atoms with Crippen LogP contribution in [0.4, 0.5) is 0 Å². The SMILES string of the molecule is COc1c(Cl)cc(C(=O)N[C@@H](C)c2cnn(C)c2C)cc1Cl. The number of nitrogens with one attached hydrogen (secondary N) is 1. The molecule has 0 saturated heterocycles. The summed E-state index contributed by atoms with van der Waals surface area (Å²) in [5.41, 5.74) is 2.34. The van der Waals surface area contributed by atoms with Crippen molar-refractivity contribution in [2.45, 2.75) is 19.9 Å². The number of amides is 1. The van der Waals surface area contributed by atoms with Crippen LogP contribution >= 0.6 is 23.2 Å². The Hall–Kier alpha value is -1.72. The third-order valence-corrected chi connectivity index (χ3v) is 4.11. The highest BCUT2D eigenvalue weighted by Crippen LogP contribution is 2.34. The van der Waals surface area contributed by atoms with E-state index in [0.29, 0.717) is 21.4 Å². The minimum Gasteiger partial charge on any atom is -0.494 e. The topological polar surface area (TPSA) is 56.1 Å². The molecular formula is C15H17Cl2N3O2. The quantitative estimate of drug-likeness (QED) is 0.925. The average molecular weight is 342 g/mol. The predicted octanol–water partition coefficient (Wildman–Crippen LogP) is 3.53. The third kappa shape index (κ3) is 3.20. The Kier molecular flexibility index (Phi) is 4.98. The molecule has 0 saturated carbocycles. The second kappa shape index (κ2) is 6.58. The number of aromatic nitrogens is 2. The van der Waals surface area contributed by atoms with Crippen molar-refractivity contribution in [2.75, 3.05) is 7.11 Å². The number of benzene rings is 1. The molecule has 0 aliphatic carbocycles. The van der Waals surface area contributed by atoms with E-state index in [1.807, 2.05) is 20.9 Å². The van der Waals surface area contributed by atoms with Crippen molar-refractivity contribution in [3.8, 4) is 5.75 Å². The number of halogens is 2. The van der Waals surface area contributed by atoms with E-state index >= 15 is 0 Å². The van der Waals surface area contributed by atoms with Crippen molar-refractivity contribution in [2.24, 2.45) is 7.05 Å². The molecule has 0 aliphatic rings. The first-order valence-corrected chi connectivity index (χ1v) is 7.43. The van der Waals surface area contributed by atoms with Crippen LogP contribution in [0.3, 0.4) is 0 Å². The van der Waals surface area contributed by atoms with Gasteiger partial charge in [0.05, 0.1) is 29.4 Å². The zero-order valence-electron chi connectivity index (χ0n) is 12.8. The van der Waals surface area contributed by atoms with Gasteiger partial charge in [-0.15, -0.1) is 0 Å². The number of rotatable bonds is 4. The first-order valence-electron chi connectivity index (χ1n) is 6.67. The highest BCUT2D eigenvalue weighted by molar-refractivity contribution is 6.37. The van der Waals surface area contributed by atoms with Gasteiger partial charge >= 0.3 is 0 Å². The zero-order chi connectivity index (χ0) is 16.4. The Morgan fingerprint density at radius 2 is 1.95 bits per heavy atom. The predicted molar refractivity (Wildman–Crippen MR) is 86.8 cm³/mol. The minimum absolute atomic E-state index is 0.180. The summed E-state index contributed by atoms with van der Waals surface area (Å²) in [7, 11) is 3.33. The molecule has 1 amide bonds. The standard InChI is InChI=1S/C15H17Cl2N3O2/c1-8(11-7-18-20(3)9(11)2)19-15(21)10-5-12(16)14(22-4)13(17)6-10/h5-8H,1-4H3,(H,19,21)/t8-/m0/s1. The molecule has 1 aromatic carbocycles. The minimum atomic E-state index is -0.262. The Morgan fingerprint density at radius 3 is 2.41 bits per heavy atom. The molecule has 1 aromatic heterocycles. The Balaban J connectivity index is 2.21. The number of hydrogen-bond donors (Lipinski definition) is 1. The third-order valence-electron chi connectivity index (χ3n) is 3.55. The van der Waals surface area contributed by atoms with Crippen LogP contribution in [0.5, 0.6) is 5.75 Å². The molecule has 5 nitrogen and oxygen atoms in total. The summed E-state index contributed by atoms with van der Waals surface area (Å²) in [5.74, 6) is 0.0956. The first-order chi connectivity index (χ1) is 10.3. The zero-order valence-corrected chi connectivity index (χ0v) is 14.3. The lowest BCUT2D eigenvalue weighted by atomic mass is 10.1. The lowest BCUT2D eigenvalue weighted by Crippen LogP contribution is -2.27. The molecule has 1 heterocycles. The van der Waals surface area contributed by atoms with E-state index in [-0.39, 0.29) is 11.9 Å². The van der Waals surface area contributed by atoms with E-state index in [4.69, 9.17) is 27.9 Å². The maximum Gasteiger partial charge on any atom is 0.251 e. The van der Waals surface area contributed by atoms with Crippen LogP contribution in [0.15, 0.2) is 18.3 Å². The van der Waals surface area contributed by atoms with E-state index in [9.17, 15) is 4.79 Å². The number of hydrogen-bond acceptors (Lipinski definition) is 3. The van der Waals surface area contributed by atoms with Crippen LogP contribution in [0.1, 0.15) is 34.6 Å². The van der Waals surface area contributed by atoms with E-state index in [2.05, 4.69) is 10.4 Å². The summed E-state index contributed by atoms with van der Waals surface area (Å²) in [4.78, 5) is 12.4. The molecule has 2 rings (SSSR count). The molecule has 22 heavy (non-hydrogen) atoms. The molecule has 1 atom stereocenters. The second-order valence-corrected chi connectivity index (χ2v) is 5.79. The van der Waals surface area contributed by atoms with E-state index in [0.717, 1.165) is 11.3 Å². The fourth-order valence-electron chi connectivity index (χ4n) is 2.18. The fraction of sp³-hybridized carbons (Fsp3) is 0.333. The van der Waals surface area contributed by atoms with Crippen molar-refractivity contribution in [3.05, 3.63) is 45.2 Å². The number of carbonyl (C=O) groups is 1. The molecular weight excluding hydrogens is 325 g/mol. The number of ether oxygens (including phenoxy) is 1. The van der Waals surface area contributed by atoms with Gasteiger partial charge in [-0.1, -0.05) is 23.2 Å². The summed E-state index contributed by atoms with van der Waals surface area (Å²) < 4.78 is 6.84. The largest absolute Gasteiger partial charge is 0.494 e. The molecule has 0 fully saturated rings. The average Bonchev–Trinajstić information content (AvgIpc) is 2.78. The summed E-state index contributed by atoms with van der Waals surface area (Å²) >= 11 is 12.1. The summed E-state index contributed by atoms with van der Waals surface area (Å²) in [6.07, 6.45) is 1.74. The van der Waals surface area contributed by atoms with Gasteiger partial charge < -0.3 is 10.1 Å². The van der Waals surface area contributed by atoms with Gasteiger partial charge in [0.2, 0.25) is 0 Å². The van der Waals surface area contributed by atoms with Crippen molar-refractivity contribution >= 4 is 29.1 Å². The molecule has 1 N–H and O–H groups in total. The number of carbonyl (C=O) groups excluding carboxylic acids is 1. The highest BCUT2D eigenvalue weighted by Gasteiger charge is 2.18. The van der Waals surface area contributed by atoms with Gasteiger partial charge in [0.25, 0.3) is 5.91 Å². The van der Waals surface area contributed by atoms with Crippen LogP contribution in [0, 0.1) is 6.92 Å². The molecule has 2 aromatic rings. The van der Waals surface area contributed by atoms with Gasteiger partial charge in [-0.3, -0.25) is 9.48 Å². The monoisotopic (exact) mass is 341 g/mol. The molecule has 118 valence electrons. The molecule has 7 heteroatoms. The number of methoxy groups -OCH3 is 1. The first kappa shape index (κ1) is 16.6. The normalized spacial score (nSPS) is 12.1. The highest BCUT2D eigenvalue weighted by atomic mass is 35.5. The molecule has 0 radical (unpaired) electrons. The van der Waals surface area contributed by atoms with Gasteiger partial charge in [-0.25, -0.2) is 0 Å². The van der Waals surface area contributed by atoms with Crippen LogP contribution in [-0.4, -0.2) is 22.8 Å². The van der Waals surface area contributed by atoms with Gasteiger partial charge in [-0.2, -0.15) is 5.10 Å². The van der Waals surface area contributed by atoms with Crippen molar-refractivity contribution in [1.29, 1.82) is 0 Å². The lowest BCUT2D eigenvalue weighted by molar-refractivity contribution is 0.0940.